The lowest BCUT2D eigenvalue weighted by molar-refractivity contribution is -0.384. The molecule has 0 fully saturated rings. The number of nitrogens with zero attached hydrogens (tertiary/aromatic N) is 1. The molecular formula is C6H6ClNO3. The Kier molecular flexibility index (Phi) is 3.50. The summed E-state index contributed by atoms with van der Waals surface area (Å²) in [6, 6.07) is 6.07. The van der Waals surface area contributed by atoms with E-state index >= 15 is 0 Å². The molecule has 1 rings (SSSR count). The second-order valence-electron chi connectivity index (χ2n) is 1.71. The van der Waals surface area contributed by atoms with E-state index in [4.69, 9.17) is 11.6 Å². The summed E-state index contributed by atoms with van der Waals surface area (Å²) in [5, 5.41) is 10.3. The molecule has 0 heterocycles. The number of hydrogen-bond acceptors (Lipinski definition) is 2. The van der Waals surface area contributed by atoms with Gasteiger partial charge in [-0.15, -0.1) is 0 Å². The van der Waals surface area contributed by atoms with Gasteiger partial charge in [-0.25, -0.2) is 0 Å². The SMILES string of the molecule is O.O=[N+]([O-])c1ccccc1Cl. The summed E-state index contributed by atoms with van der Waals surface area (Å²) in [5.41, 5.74) is -0.0517. The van der Waals surface area contributed by atoms with Gasteiger partial charge >= 0.3 is 0 Å². The molecule has 11 heavy (non-hydrogen) atoms. The minimum atomic E-state index is -0.512. The van der Waals surface area contributed by atoms with Crippen molar-refractivity contribution in [3.8, 4) is 0 Å². The van der Waals surface area contributed by atoms with E-state index in [0.29, 0.717) is 0 Å². The zero-order chi connectivity index (χ0) is 7.56. The van der Waals surface area contributed by atoms with E-state index in [0.717, 1.165) is 0 Å². The first-order valence-corrected chi connectivity index (χ1v) is 2.98. The van der Waals surface area contributed by atoms with E-state index in [-0.39, 0.29) is 16.2 Å². The first kappa shape index (κ1) is 9.87. The molecule has 0 aliphatic rings. The van der Waals surface area contributed by atoms with Crippen LogP contribution in [-0.2, 0) is 0 Å². The Bertz CT molecular complexity index is 264. The lowest BCUT2D eigenvalue weighted by Gasteiger charge is -1.90. The van der Waals surface area contributed by atoms with Crippen LogP contribution in [0.1, 0.15) is 0 Å². The predicted octanol–water partition coefficient (Wildman–Crippen LogP) is 1.42. The molecule has 0 radical (unpaired) electrons. The normalized spacial score (nSPS) is 8.45. The molecule has 2 N–H and O–H groups in total. The number of hydrogen-bond donors (Lipinski definition) is 0. The standard InChI is InChI=1S/C6H4ClNO2.H2O/c7-5-3-1-2-4-6(5)8(9)10;/h1-4H;1H2. The summed E-state index contributed by atoms with van der Waals surface area (Å²) in [4.78, 5) is 9.63. The fourth-order valence-electron chi connectivity index (χ4n) is 0.600. The van der Waals surface area contributed by atoms with Gasteiger partial charge in [-0.05, 0) is 6.07 Å². The quantitative estimate of drug-likeness (QED) is 0.478. The van der Waals surface area contributed by atoms with Gasteiger partial charge in [-0.1, -0.05) is 23.7 Å². The summed E-state index contributed by atoms with van der Waals surface area (Å²) in [6.07, 6.45) is 0. The van der Waals surface area contributed by atoms with Crippen molar-refractivity contribution in [2.45, 2.75) is 0 Å². The molecule has 0 aromatic heterocycles. The van der Waals surface area contributed by atoms with Crippen LogP contribution in [0.15, 0.2) is 24.3 Å². The van der Waals surface area contributed by atoms with E-state index in [9.17, 15) is 10.1 Å². The number of halogens is 1. The monoisotopic (exact) mass is 175 g/mol. The topological polar surface area (TPSA) is 74.6 Å². The molecule has 5 heteroatoms. The lowest BCUT2D eigenvalue weighted by Crippen LogP contribution is -1.87. The average Bonchev–Trinajstić information content (AvgIpc) is 1.88. The van der Waals surface area contributed by atoms with Crippen molar-refractivity contribution in [1.82, 2.24) is 0 Å². The molecule has 1 aromatic carbocycles. The Morgan fingerprint density at radius 2 is 1.91 bits per heavy atom. The summed E-state index contributed by atoms with van der Waals surface area (Å²) in [6.45, 7) is 0. The second-order valence-corrected chi connectivity index (χ2v) is 2.12. The van der Waals surface area contributed by atoms with Gasteiger partial charge in [0, 0.05) is 6.07 Å². The molecule has 60 valence electrons. The van der Waals surface area contributed by atoms with Crippen molar-refractivity contribution in [1.29, 1.82) is 0 Å². The second kappa shape index (κ2) is 3.90. The van der Waals surface area contributed by atoms with Gasteiger partial charge < -0.3 is 5.48 Å². The first-order chi connectivity index (χ1) is 4.72. The Morgan fingerprint density at radius 1 is 1.36 bits per heavy atom. The summed E-state index contributed by atoms with van der Waals surface area (Å²) < 4.78 is 0. The molecule has 0 aliphatic heterocycles. The zero-order valence-electron chi connectivity index (χ0n) is 5.45. The van der Waals surface area contributed by atoms with Crippen molar-refractivity contribution in [3.63, 3.8) is 0 Å². The van der Waals surface area contributed by atoms with Crippen molar-refractivity contribution in [2.24, 2.45) is 0 Å². The minimum Gasteiger partial charge on any atom is -0.412 e. The van der Waals surface area contributed by atoms with Gasteiger partial charge in [0.1, 0.15) is 5.02 Å². The van der Waals surface area contributed by atoms with Crippen molar-refractivity contribution >= 4 is 17.3 Å². The van der Waals surface area contributed by atoms with E-state index < -0.39 is 4.92 Å². The molecule has 0 saturated carbocycles. The van der Waals surface area contributed by atoms with Crippen molar-refractivity contribution < 1.29 is 10.4 Å². The number of nitro groups is 1. The van der Waals surface area contributed by atoms with Gasteiger partial charge in [0.2, 0.25) is 0 Å². The highest BCUT2D eigenvalue weighted by molar-refractivity contribution is 6.32. The number of nitro benzene ring substituents is 1. The van der Waals surface area contributed by atoms with Gasteiger partial charge in [0.05, 0.1) is 4.92 Å². The fourth-order valence-corrected chi connectivity index (χ4v) is 0.805. The molecular weight excluding hydrogens is 170 g/mol. The first-order valence-electron chi connectivity index (χ1n) is 2.61. The molecule has 0 saturated heterocycles. The van der Waals surface area contributed by atoms with Gasteiger partial charge in [-0.3, -0.25) is 10.1 Å². The number of benzene rings is 1. The predicted molar refractivity (Wildman–Crippen MR) is 41.7 cm³/mol. The highest BCUT2D eigenvalue weighted by atomic mass is 35.5. The fraction of sp³-hybridized carbons (Fsp3) is 0. The minimum absolute atomic E-state index is 0. The lowest BCUT2D eigenvalue weighted by atomic mass is 10.3. The van der Waals surface area contributed by atoms with E-state index in [1.165, 1.54) is 12.1 Å². The van der Waals surface area contributed by atoms with Gasteiger partial charge in [0.25, 0.3) is 5.69 Å². The van der Waals surface area contributed by atoms with E-state index in [2.05, 4.69) is 0 Å². The summed E-state index contributed by atoms with van der Waals surface area (Å²) in [7, 11) is 0. The number of rotatable bonds is 1. The van der Waals surface area contributed by atoms with E-state index in [1.54, 1.807) is 12.1 Å². The molecule has 0 bridgehead atoms. The molecule has 0 aliphatic carbocycles. The van der Waals surface area contributed by atoms with Crippen LogP contribution in [0.3, 0.4) is 0 Å². The van der Waals surface area contributed by atoms with Crippen LogP contribution in [0.2, 0.25) is 5.02 Å². The van der Waals surface area contributed by atoms with Crippen LogP contribution in [0.5, 0.6) is 0 Å². The van der Waals surface area contributed by atoms with Gasteiger partial charge in [0.15, 0.2) is 0 Å². The van der Waals surface area contributed by atoms with E-state index in [1.807, 2.05) is 0 Å². The maximum Gasteiger partial charge on any atom is 0.287 e. The largest absolute Gasteiger partial charge is 0.412 e. The maximum absolute atomic E-state index is 10.1. The van der Waals surface area contributed by atoms with Crippen LogP contribution < -0.4 is 0 Å². The molecule has 0 unspecified atom stereocenters. The Labute approximate surface area is 67.9 Å². The van der Waals surface area contributed by atoms with Crippen LogP contribution >= 0.6 is 11.6 Å². The van der Waals surface area contributed by atoms with Gasteiger partial charge in [-0.2, -0.15) is 0 Å². The third-order valence-electron chi connectivity index (χ3n) is 1.05. The Morgan fingerprint density at radius 3 is 2.27 bits per heavy atom. The molecule has 4 nitrogen and oxygen atoms in total. The Hall–Kier alpha value is -1.13. The van der Waals surface area contributed by atoms with Crippen LogP contribution in [0, 0.1) is 10.1 Å². The summed E-state index contributed by atoms with van der Waals surface area (Å²) >= 11 is 5.48. The third-order valence-corrected chi connectivity index (χ3v) is 1.37. The Balaban J connectivity index is 0.000001000. The van der Waals surface area contributed by atoms with Crippen LogP contribution in [0.4, 0.5) is 5.69 Å². The van der Waals surface area contributed by atoms with Crippen molar-refractivity contribution in [3.05, 3.63) is 39.4 Å². The van der Waals surface area contributed by atoms with Crippen molar-refractivity contribution in [2.75, 3.05) is 0 Å². The maximum atomic E-state index is 10.1. The molecule has 1 aromatic rings. The third kappa shape index (κ3) is 2.18. The highest BCUT2D eigenvalue weighted by Gasteiger charge is 2.08. The van der Waals surface area contributed by atoms with Crippen LogP contribution in [-0.4, -0.2) is 10.4 Å². The smallest absolute Gasteiger partial charge is 0.287 e. The molecule has 0 amide bonds. The highest BCUT2D eigenvalue weighted by Crippen LogP contribution is 2.21. The zero-order valence-corrected chi connectivity index (χ0v) is 6.21. The average molecular weight is 176 g/mol. The summed E-state index contributed by atoms with van der Waals surface area (Å²) in [5.74, 6) is 0. The van der Waals surface area contributed by atoms with Crippen LogP contribution in [0.25, 0.3) is 0 Å². The number of para-hydroxylation sites is 1. The molecule has 0 spiro atoms. The molecule has 0 atom stereocenters.